The number of pyridine rings is 1. The number of piperidine rings is 1. The molecule has 1 unspecified atom stereocenters. The fourth-order valence-corrected chi connectivity index (χ4v) is 3.87. The fraction of sp³-hybridized carbons (Fsp3) is 0.650. The number of ether oxygens (including phenoxy) is 1. The first-order valence-electron chi connectivity index (χ1n) is 9.79. The molecule has 7 nitrogen and oxygen atoms in total. The lowest BCUT2D eigenvalue weighted by Gasteiger charge is -2.43. The number of rotatable bonds is 2. The molecule has 0 bridgehead atoms. The zero-order valence-electron chi connectivity index (χ0n) is 17.2. The summed E-state index contributed by atoms with van der Waals surface area (Å²) in [5.41, 5.74) is 2.26. The van der Waals surface area contributed by atoms with Gasteiger partial charge in [-0.1, -0.05) is 6.07 Å². The molecule has 10 heteroatoms. The lowest BCUT2D eigenvalue weighted by Crippen LogP contribution is -2.51. The van der Waals surface area contributed by atoms with Crippen LogP contribution in [0.5, 0.6) is 0 Å². The summed E-state index contributed by atoms with van der Waals surface area (Å²) in [5.74, 6) is -2.60. The van der Waals surface area contributed by atoms with Crippen LogP contribution in [0.4, 0.5) is 13.2 Å². The number of hydrogen-bond acceptors (Lipinski definition) is 5. The number of aryl methyl sites for hydroxylation is 1. The summed E-state index contributed by atoms with van der Waals surface area (Å²) in [6, 6.07) is 6.20. The van der Waals surface area contributed by atoms with Crippen LogP contribution in [0.2, 0.25) is 0 Å². The summed E-state index contributed by atoms with van der Waals surface area (Å²) in [6.07, 6.45) is -2.80. The van der Waals surface area contributed by atoms with Crippen molar-refractivity contribution < 1.29 is 32.6 Å². The molecule has 1 aromatic rings. The Morgan fingerprint density at radius 1 is 1.27 bits per heavy atom. The Kier molecular flexibility index (Phi) is 8.19. The van der Waals surface area contributed by atoms with Gasteiger partial charge in [0.2, 0.25) is 5.91 Å². The molecule has 0 aliphatic carbocycles. The summed E-state index contributed by atoms with van der Waals surface area (Å²) in [5, 5.41) is 7.12. The predicted octanol–water partition coefficient (Wildman–Crippen LogP) is 2.48. The van der Waals surface area contributed by atoms with Gasteiger partial charge in [-0.3, -0.25) is 14.7 Å². The Bertz CT molecular complexity index is 744. The molecular formula is C20H28F3N3O4. The zero-order valence-corrected chi connectivity index (χ0v) is 17.2. The minimum absolute atomic E-state index is 0.0737. The van der Waals surface area contributed by atoms with Gasteiger partial charge in [-0.15, -0.1) is 0 Å². The van der Waals surface area contributed by atoms with Crippen molar-refractivity contribution in [2.24, 2.45) is 5.41 Å². The predicted molar refractivity (Wildman–Crippen MR) is 103 cm³/mol. The summed E-state index contributed by atoms with van der Waals surface area (Å²) < 4.78 is 37.6. The van der Waals surface area contributed by atoms with Gasteiger partial charge in [0.15, 0.2) is 0 Å². The first-order valence-corrected chi connectivity index (χ1v) is 9.79. The third kappa shape index (κ3) is 7.24. The standard InChI is InChI=1S/C18H27N3O2.C2HF3O2/c1-15-5-3-6-17(19-15)11-20-8-4-7-18(12-20)13-21(16(2)22)9-10-23-14-18;3-2(4,5)1(6)7/h3,5-6H,4,7-14H2,1-2H3;(H,6,7). The molecule has 1 atom stereocenters. The van der Waals surface area contributed by atoms with Gasteiger partial charge in [0, 0.05) is 44.2 Å². The maximum Gasteiger partial charge on any atom is 0.490 e. The highest BCUT2D eigenvalue weighted by molar-refractivity contribution is 5.73. The number of amides is 1. The number of aliphatic carboxylic acids is 1. The van der Waals surface area contributed by atoms with E-state index in [0.717, 1.165) is 63.6 Å². The maximum absolute atomic E-state index is 11.8. The summed E-state index contributed by atoms with van der Waals surface area (Å²) >= 11 is 0. The van der Waals surface area contributed by atoms with Crippen molar-refractivity contribution in [2.45, 2.75) is 39.4 Å². The van der Waals surface area contributed by atoms with Crippen LogP contribution in [0.3, 0.4) is 0 Å². The number of likely N-dealkylation sites (tertiary alicyclic amines) is 1. The van der Waals surface area contributed by atoms with E-state index in [2.05, 4.69) is 22.0 Å². The van der Waals surface area contributed by atoms with Crippen LogP contribution in [0.1, 0.15) is 31.2 Å². The summed E-state index contributed by atoms with van der Waals surface area (Å²) in [7, 11) is 0. The molecule has 2 saturated heterocycles. The smallest absolute Gasteiger partial charge is 0.475 e. The van der Waals surface area contributed by atoms with Crippen molar-refractivity contribution in [1.82, 2.24) is 14.8 Å². The molecule has 30 heavy (non-hydrogen) atoms. The van der Waals surface area contributed by atoms with E-state index in [9.17, 15) is 18.0 Å². The molecule has 1 amide bonds. The van der Waals surface area contributed by atoms with Gasteiger partial charge < -0.3 is 14.7 Å². The first kappa shape index (κ1) is 24.1. The molecule has 1 N–H and O–H groups in total. The Morgan fingerprint density at radius 2 is 1.97 bits per heavy atom. The SMILES string of the molecule is CC(=O)N1CCOCC2(CCCN(Cc3cccc(C)n3)C2)C1.O=C(O)C(F)(F)F. The Hall–Kier alpha value is -2.20. The zero-order chi connectivity index (χ0) is 22.4. The molecule has 168 valence electrons. The van der Waals surface area contributed by atoms with Crippen LogP contribution in [0.15, 0.2) is 18.2 Å². The second kappa shape index (κ2) is 10.2. The van der Waals surface area contributed by atoms with Gasteiger partial charge in [0.1, 0.15) is 0 Å². The second-order valence-electron chi connectivity index (χ2n) is 7.88. The molecule has 2 aliphatic rings. The molecule has 3 rings (SSSR count). The molecular weight excluding hydrogens is 403 g/mol. The van der Waals surface area contributed by atoms with Gasteiger partial charge in [-0.25, -0.2) is 4.79 Å². The van der Waals surface area contributed by atoms with Crippen LogP contribution >= 0.6 is 0 Å². The molecule has 2 aliphatic heterocycles. The van der Waals surface area contributed by atoms with Crippen molar-refractivity contribution in [3.8, 4) is 0 Å². The van der Waals surface area contributed by atoms with Crippen LogP contribution in [-0.2, 0) is 20.9 Å². The number of nitrogens with zero attached hydrogens (tertiary/aromatic N) is 3. The number of halogens is 3. The van der Waals surface area contributed by atoms with Gasteiger partial charge in [0.25, 0.3) is 0 Å². The average molecular weight is 431 g/mol. The van der Waals surface area contributed by atoms with Crippen LogP contribution < -0.4 is 0 Å². The fourth-order valence-electron chi connectivity index (χ4n) is 3.87. The van der Waals surface area contributed by atoms with Crippen LogP contribution in [0, 0.1) is 12.3 Å². The van der Waals surface area contributed by atoms with Gasteiger partial charge in [-0.2, -0.15) is 13.2 Å². The van der Waals surface area contributed by atoms with E-state index in [1.807, 2.05) is 17.9 Å². The lowest BCUT2D eigenvalue weighted by atomic mass is 9.80. The van der Waals surface area contributed by atoms with Crippen molar-refractivity contribution in [1.29, 1.82) is 0 Å². The molecule has 0 aromatic carbocycles. The quantitative estimate of drug-likeness (QED) is 0.775. The van der Waals surface area contributed by atoms with Crippen molar-refractivity contribution >= 4 is 11.9 Å². The minimum Gasteiger partial charge on any atom is -0.475 e. The van der Waals surface area contributed by atoms with E-state index in [1.54, 1.807) is 6.92 Å². The van der Waals surface area contributed by atoms with Crippen molar-refractivity contribution in [2.75, 3.05) is 39.4 Å². The van der Waals surface area contributed by atoms with Gasteiger partial charge >= 0.3 is 12.1 Å². The molecule has 0 saturated carbocycles. The number of hydrogen-bond donors (Lipinski definition) is 1. The van der Waals surface area contributed by atoms with E-state index < -0.39 is 12.1 Å². The number of aromatic nitrogens is 1. The Labute approximate surface area is 173 Å². The van der Waals surface area contributed by atoms with Crippen molar-refractivity contribution in [3.05, 3.63) is 29.6 Å². The van der Waals surface area contributed by atoms with E-state index >= 15 is 0 Å². The minimum atomic E-state index is -5.08. The molecule has 0 radical (unpaired) electrons. The summed E-state index contributed by atoms with van der Waals surface area (Å²) in [6.45, 7) is 9.60. The number of alkyl halides is 3. The largest absolute Gasteiger partial charge is 0.490 e. The van der Waals surface area contributed by atoms with E-state index in [4.69, 9.17) is 14.6 Å². The van der Waals surface area contributed by atoms with E-state index in [1.165, 1.54) is 0 Å². The number of carboxylic acids is 1. The van der Waals surface area contributed by atoms with Crippen molar-refractivity contribution in [3.63, 3.8) is 0 Å². The molecule has 3 heterocycles. The molecule has 1 spiro atoms. The lowest BCUT2D eigenvalue weighted by molar-refractivity contribution is -0.192. The van der Waals surface area contributed by atoms with E-state index in [-0.39, 0.29) is 11.3 Å². The average Bonchev–Trinajstić information content (AvgIpc) is 2.84. The first-order chi connectivity index (χ1) is 14.0. The monoisotopic (exact) mass is 431 g/mol. The Morgan fingerprint density at radius 3 is 2.57 bits per heavy atom. The third-order valence-electron chi connectivity index (χ3n) is 5.20. The van der Waals surface area contributed by atoms with Crippen LogP contribution in [-0.4, -0.2) is 77.3 Å². The normalized spacial score (nSPS) is 22.8. The molecule has 1 aromatic heterocycles. The van der Waals surface area contributed by atoms with Gasteiger partial charge in [-0.05, 0) is 38.4 Å². The summed E-state index contributed by atoms with van der Waals surface area (Å²) in [4.78, 5) is 29.8. The number of carbonyl (C=O) groups excluding carboxylic acids is 1. The molecule has 2 fully saturated rings. The van der Waals surface area contributed by atoms with E-state index in [0.29, 0.717) is 6.61 Å². The highest BCUT2D eigenvalue weighted by Gasteiger charge is 2.39. The van der Waals surface area contributed by atoms with Crippen LogP contribution in [0.25, 0.3) is 0 Å². The number of carbonyl (C=O) groups is 2. The van der Waals surface area contributed by atoms with Gasteiger partial charge in [0.05, 0.1) is 18.9 Å². The number of carboxylic acid groups (broad SMARTS) is 1. The topological polar surface area (TPSA) is 83.0 Å². The maximum atomic E-state index is 11.8. The third-order valence-corrected chi connectivity index (χ3v) is 5.20. The highest BCUT2D eigenvalue weighted by Crippen LogP contribution is 2.33. The highest BCUT2D eigenvalue weighted by atomic mass is 19.4. The Balaban J connectivity index is 0.000000396. The second-order valence-corrected chi connectivity index (χ2v) is 7.88.